The Morgan fingerprint density at radius 2 is 0.932 bits per heavy atom. The van der Waals surface area contributed by atoms with Crippen LogP contribution in [0, 0.1) is 0 Å². The molecule has 0 spiro atoms. The summed E-state index contributed by atoms with van der Waals surface area (Å²) < 4.78 is 5.67. The molecule has 0 radical (unpaired) electrons. The largest absolute Gasteiger partial charge is 0.481 e. The summed E-state index contributed by atoms with van der Waals surface area (Å²) in [5, 5.41) is 9.08. The lowest BCUT2D eigenvalue weighted by Gasteiger charge is -2.17. The standard InChI is InChI=1S/C40H66O4/c1-3-5-7-9-11-13-15-17-18-19-20-21-22-23-25-27-29-31-33-35-40(43)44-38(36-37-39(41)42)34-32-30-28-26-24-16-14-12-10-8-6-4-2/h5,7,11,13,17-18,20-21,23,25,29,31,38H,3-4,6,8-10,12,14-16,19,22,24,26-28,30,32-37H2,1-2H3,(H,41,42)/b7-5-,13-11-,18-17-,21-20-,25-23-,31-29-. The van der Waals surface area contributed by atoms with Crippen molar-refractivity contribution in [2.45, 2.75) is 168 Å². The van der Waals surface area contributed by atoms with E-state index in [0.717, 1.165) is 57.8 Å². The first kappa shape index (κ1) is 41.4. The van der Waals surface area contributed by atoms with E-state index in [9.17, 15) is 9.59 Å². The third-order valence-corrected chi connectivity index (χ3v) is 7.47. The minimum absolute atomic E-state index is 0.0450. The summed E-state index contributed by atoms with van der Waals surface area (Å²) in [6.07, 6.45) is 49.1. The van der Waals surface area contributed by atoms with Gasteiger partial charge in [-0.3, -0.25) is 9.59 Å². The van der Waals surface area contributed by atoms with Crippen LogP contribution in [0.2, 0.25) is 0 Å². The van der Waals surface area contributed by atoms with E-state index >= 15 is 0 Å². The molecule has 0 aromatic rings. The first-order valence-corrected chi connectivity index (χ1v) is 17.9. The number of allylic oxidation sites excluding steroid dienone is 12. The molecule has 0 amide bonds. The number of unbranched alkanes of at least 4 members (excludes halogenated alkanes) is 11. The van der Waals surface area contributed by atoms with E-state index < -0.39 is 5.97 Å². The van der Waals surface area contributed by atoms with Gasteiger partial charge < -0.3 is 9.84 Å². The Morgan fingerprint density at radius 1 is 0.523 bits per heavy atom. The van der Waals surface area contributed by atoms with Crippen LogP contribution < -0.4 is 0 Å². The summed E-state index contributed by atoms with van der Waals surface area (Å²) in [6, 6.07) is 0. The predicted octanol–water partition coefficient (Wildman–Crippen LogP) is 12.3. The normalized spacial score (nSPS) is 13.1. The quantitative estimate of drug-likeness (QED) is 0.0482. The number of hydrogen-bond donors (Lipinski definition) is 1. The zero-order chi connectivity index (χ0) is 32.2. The zero-order valence-electron chi connectivity index (χ0n) is 28.4. The van der Waals surface area contributed by atoms with E-state index in [-0.39, 0.29) is 18.5 Å². The van der Waals surface area contributed by atoms with Gasteiger partial charge in [0.25, 0.3) is 0 Å². The lowest BCUT2D eigenvalue weighted by atomic mass is 10.0. The maximum absolute atomic E-state index is 12.4. The molecule has 4 nitrogen and oxygen atoms in total. The summed E-state index contributed by atoms with van der Waals surface area (Å²) >= 11 is 0. The van der Waals surface area contributed by atoms with Gasteiger partial charge in [-0.2, -0.15) is 0 Å². The van der Waals surface area contributed by atoms with E-state index in [0.29, 0.717) is 19.3 Å². The van der Waals surface area contributed by atoms with Crippen molar-refractivity contribution in [1.29, 1.82) is 0 Å². The van der Waals surface area contributed by atoms with Gasteiger partial charge in [0.05, 0.1) is 0 Å². The maximum Gasteiger partial charge on any atom is 0.306 e. The molecular weight excluding hydrogens is 544 g/mol. The SMILES string of the molecule is CC/C=C\C/C=C\C/C=C\C/C=C\C/C=C\C/C=C\CCC(=O)OC(CCCCCCCCCCCCCC)CCC(=O)O. The Kier molecular flexibility index (Phi) is 32.8. The molecule has 0 heterocycles. The lowest BCUT2D eigenvalue weighted by Crippen LogP contribution is -2.19. The maximum atomic E-state index is 12.4. The van der Waals surface area contributed by atoms with E-state index in [2.05, 4.69) is 80.7 Å². The van der Waals surface area contributed by atoms with Gasteiger partial charge in [0, 0.05) is 12.8 Å². The van der Waals surface area contributed by atoms with Crippen LogP contribution >= 0.6 is 0 Å². The third kappa shape index (κ3) is 33.9. The van der Waals surface area contributed by atoms with Crippen LogP contribution in [-0.2, 0) is 14.3 Å². The molecule has 0 saturated carbocycles. The Bertz CT molecular complexity index is 830. The molecule has 44 heavy (non-hydrogen) atoms. The molecule has 4 heteroatoms. The summed E-state index contributed by atoms with van der Waals surface area (Å²) in [5.41, 5.74) is 0. The molecule has 0 saturated heterocycles. The zero-order valence-corrected chi connectivity index (χ0v) is 28.4. The van der Waals surface area contributed by atoms with Gasteiger partial charge in [0.1, 0.15) is 6.10 Å². The highest BCUT2D eigenvalue weighted by Gasteiger charge is 2.15. The molecule has 250 valence electrons. The number of esters is 1. The second-order valence-electron chi connectivity index (χ2n) is 11.7. The number of ether oxygens (including phenoxy) is 1. The fourth-order valence-electron chi connectivity index (χ4n) is 4.85. The van der Waals surface area contributed by atoms with E-state index in [1.54, 1.807) is 0 Å². The Labute approximate surface area is 271 Å². The molecule has 0 aliphatic carbocycles. The molecule has 0 aliphatic rings. The molecule has 1 N–H and O–H groups in total. The predicted molar refractivity (Wildman–Crippen MR) is 190 cm³/mol. The molecule has 0 aromatic carbocycles. The van der Waals surface area contributed by atoms with Crippen LogP contribution in [0.4, 0.5) is 0 Å². The fraction of sp³-hybridized carbons (Fsp3) is 0.650. The highest BCUT2D eigenvalue weighted by molar-refractivity contribution is 5.70. The molecule has 0 fully saturated rings. The molecule has 0 rings (SSSR count). The van der Waals surface area contributed by atoms with Crippen molar-refractivity contribution in [3.05, 3.63) is 72.9 Å². The number of hydrogen-bond acceptors (Lipinski definition) is 3. The Morgan fingerprint density at radius 3 is 1.36 bits per heavy atom. The smallest absolute Gasteiger partial charge is 0.306 e. The number of carbonyl (C=O) groups excluding carboxylic acids is 1. The number of carboxylic acids is 1. The highest BCUT2D eigenvalue weighted by atomic mass is 16.5. The summed E-state index contributed by atoms with van der Waals surface area (Å²) in [5.74, 6) is -1.06. The average Bonchev–Trinajstić information content (AvgIpc) is 3.01. The number of aliphatic carboxylic acids is 1. The number of rotatable bonds is 31. The van der Waals surface area contributed by atoms with Gasteiger partial charge in [-0.1, -0.05) is 157 Å². The molecule has 1 atom stereocenters. The van der Waals surface area contributed by atoms with Crippen molar-refractivity contribution in [2.75, 3.05) is 0 Å². The Balaban J connectivity index is 3.95. The molecular formula is C40H66O4. The van der Waals surface area contributed by atoms with Crippen molar-refractivity contribution < 1.29 is 19.4 Å². The summed E-state index contributed by atoms with van der Waals surface area (Å²) in [4.78, 5) is 23.4. The topological polar surface area (TPSA) is 63.6 Å². The van der Waals surface area contributed by atoms with Gasteiger partial charge in [-0.15, -0.1) is 0 Å². The first-order chi connectivity index (χ1) is 21.6. The second-order valence-corrected chi connectivity index (χ2v) is 11.7. The average molecular weight is 611 g/mol. The molecule has 0 aromatic heterocycles. The minimum Gasteiger partial charge on any atom is -0.481 e. The van der Waals surface area contributed by atoms with Crippen LogP contribution in [-0.4, -0.2) is 23.1 Å². The van der Waals surface area contributed by atoms with Crippen molar-refractivity contribution in [1.82, 2.24) is 0 Å². The van der Waals surface area contributed by atoms with E-state index in [1.165, 1.54) is 64.2 Å². The molecule has 1 unspecified atom stereocenters. The third-order valence-electron chi connectivity index (χ3n) is 7.47. The van der Waals surface area contributed by atoms with Crippen LogP contribution in [0.5, 0.6) is 0 Å². The summed E-state index contributed by atoms with van der Waals surface area (Å²) in [7, 11) is 0. The molecule has 0 bridgehead atoms. The minimum atomic E-state index is -0.835. The lowest BCUT2D eigenvalue weighted by molar-refractivity contribution is -0.151. The van der Waals surface area contributed by atoms with Gasteiger partial charge in [-0.05, 0) is 64.2 Å². The van der Waals surface area contributed by atoms with E-state index in [1.807, 2.05) is 6.08 Å². The second kappa shape index (κ2) is 34.9. The van der Waals surface area contributed by atoms with Crippen molar-refractivity contribution in [3.63, 3.8) is 0 Å². The van der Waals surface area contributed by atoms with Gasteiger partial charge in [0.2, 0.25) is 0 Å². The number of carbonyl (C=O) groups is 2. The Hall–Kier alpha value is -2.62. The fourth-order valence-corrected chi connectivity index (χ4v) is 4.85. The van der Waals surface area contributed by atoms with Gasteiger partial charge in [0.15, 0.2) is 0 Å². The highest BCUT2D eigenvalue weighted by Crippen LogP contribution is 2.16. The van der Waals surface area contributed by atoms with Crippen LogP contribution in [0.25, 0.3) is 0 Å². The molecule has 0 aliphatic heterocycles. The van der Waals surface area contributed by atoms with Gasteiger partial charge >= 0.3 is 11.9 Å². The monoisotopic (exact) mass is 610 g/mol. The first-order valence-electron chi connectivity index (χ1n) is 17.9. The van der Waals surface area contributed by atoms with Crippen molar-refractivity contribution in [3.8, 4) is 0 Å². The van der Waals surface area contributed by atoms with Crippen molar-refractivity contribution >= 4 is 11.9 Å². The number of carboxylic acid groups (broad SMARTS) is 1. The van der Waals surface area contributed by atoms with E-state index in [4.69, 9.17) is 9.84 Å². The van der Waals surface area contributed by atoms with Crippen LogP contribution in [0.1, 0.15) is 162 Å². The van der Waals surface area contributed by atoms with Crippen LogP contribution in [0.15, 0.2) is 72.9 Å². The van der Waals surface area contributed by atoms with Crippen molar-refractivity contribution in [2.24, 2.45) is 0 Å². The van der Waals surface area contributed by atoms with Crippen LogP contribution in [0.3, 0.4) is 0 Å². The van der Waals surface area contributed by atoms with Gasteiger partial charge in [-0.25, -0.2) is 0 Å². The summed E-state index contributed by atoms with van der Waals surface area (Å²) in [6.45, 7) is 4.41.